The van der Waals surface area contributed by atoms with Crippen molar-refractivity contribution in [3.63, 3.8) is 0 Å². The number of halogens is 6. The quantitative estimate of drug-likeness (QED) is 0.749. The molecular weight excluding hydrogens is 390 g/mol. The van der Waals surface area contributed by atoms with Crippen molar-refractivity contribution < 1.29 is 35.9 Å². The van der Waals surface area contributed by atoms with E-state index < -0.39 is 41.3 Å². The van der Waals surface area contributed by atoms with Crippen molar-refractivity contribution in [2.45, 2.75) is 24.8 Å². The molecule has 0 saturated carbocycles. The van der Waals surface area contributed by atoms with E-state index in [4.69, 9.17) is 5.73 Å². The number of hydrogen-bond acceptors (Lipinski definition) is 2. The highest BCUT2D eigenvalue weighted by molar-refractivity contribution is 5.97. The Balaban J connectivity index is 2.20. The molecule has 0 spiro atoms. The molecule has 2 aromatic carbocycles. The van der Waals surface area contributed by atoms with E-state index in [2.05, 4.69) is 5.32 Å². The fraction of sp³-hybridized carbons (Fsp3) is 0.222. The van der Waals surface area contributed by atoms with Gasteiger partial charge in [0.05, 0.1) is 11.1 Å². The van der Waals surface area contributed by atoms with Crippen molar-refractivity contribution in [2.75, 3.05) is 0 Å². The van der Waals surface area contributed by atoms with Crippen LogP contribution in [-0.2, 0) is 23.6 Å². The number of rotatable bonds is 5. The van der Waals surface area contributed by atoms with Gasteiger partial charge in [-0.15, -0.1) is 0 Å². The Morgan fingerprint density at radius 2 is 1.43 bits per heavy atom. The first-order valence-corrected chi connectivity index (χ1v) is 7.81. The lowest BCUT2D eigenvalue weighted by molar-refractivity contribution is -0.138. The Morgan fingerprint density at radius 3 is 1.96 bits per heavy atom. The van der Waals surface area contributed by atoms with Crippen LogP contribution in [0.4, 0.5) is 26.3 Å². The zero-order chi connectivity index (χ0) is 21.1. The third-order valence-corrected chi connectivity index (χ3v) is 3.79. The number of nitrogens with one attached hydrogen (secondary N) is 1. The number of carbonyl (C=O) groups excluding carboxylic acids is 2. The normalized spacial score (nSPS) is 13.1. The number of alkyl halides is 6. The van der Waals surface area contributed by atoms with Crippen LogP contribution in [-0.4, -0.2) is 17.9 Å². The Hall–Kier alpha value is -3.04. The molecule has 0 bridgehead atoms. The van der Waals surface area contributed by atoms with Crippen molar-refractivity contribution in [2.24, 2.45) is 5.73 Å². The lowest BCUT2D eigenvalue weighted by Gasteiger charge is -2.17. The fourth-order valence-electron chi connectivity index (χ4n) is 2.41. The maximum absolute atomic E-state index is 12.8. The smallest absolute Gasteiger partial charge is 0.368 e. The van der Waals surface area contributed by atoms with Gasteiger partial charge in [-0.2, -0.15) is 26.3 Å². The van der Waals surface area contributed by atoms with Gasteiger partial charge in [-0.1, -0.05) is 24.3 Å². The first-order valence-electron chi connectivity index (χ1n) is 7.81. The zero-order valence-corrected chi connectivity index (χ0v) is 14.1. The molecule has 0 aliphatic rings. The molecular formula is C18H14F6N2O2. The van der Waals surface area contributed by atoms with Gasteiger partial charge in [0.2, 0.25) is 5.91 Å². The topological polar surface area (TPSA) is 72.2 Å². The molecule has 0 aromatic heterocycles. The first kappa shape index (κ1) is 21.3. The SMILES string of the molecule is NC(=O)[C@H](Cc1cccc(C(F)(F)F)c1)NC(=O)c1cccc(C(F)(F)F)c1. The largest absolute Gasteiger partial charge is 0.416 e. The molecule has 150 valence electrons. The van der Waals surface area contributed by atoms with E-state index >= 15 is 0 Å². The van der Waals surface area contributed by atoms with Gasteiger partial charge in [-0.25, -0.2) is 0 Å². The molecule has 2 aromatic rings. The van der Waals surface area contributed by atoms with E-state index in [0.29, 0.717) is 6.07 Å². The molecule has 0 saturated heterocycles. The molecule has 28 heavy (non-hydrogen) atoms. The number of nitrogens with two attached hydrogens (primary N) is 1. The summed E-state index contributed by atoms with van der Waals surface area (Å²) in [6.45, 7) is 0. The lowest BCUT2D eigenvalue weighted by atomic mass is 10.0. The predicted molar refractivity (Wildman–Crippen MR) is 87.0 cm³/mol. The highest BCUT2D eigenvalue weighted by Crippen LogP contribution is 2.30. The van der Waals surface area contributed by atoms with Gasteiger partial charge in [0.25, 0.3) is 5.91 Å². The summed E-state index contributed by atoms with van der Waals surface area (Å²) in [5.74, 6) is -2.06. The summed E-state index contributed by atoms with van der Waals surface area (Å²) in [5.41, 5.74) is 2.87. The van der Waals surface area contributed by atoms with Crippen LogP contribution in [0.5, 0.6) is 0 Å². The first-order chi connectivity index (χ1) is 12.9. The van der Waals surface area contributed by atoms with Crippen LogP contribution in [0.2, 0.25) is 0 Å². The monoisotopic (exact) mass is 404 g/mol. The minimum absolute atomic E-state index is 0.0722. The van der Waals surface area contributed by atoms with Gasteiger partial charge in [-0.3, -0.25) is 9.59 Å². The molecule has 0 aliphatic carbocycles. The van der Waals surface area contributed by atoms with Gasteiger partial charge in [0.1, 0.15) is 6.04 Å². The molecule has 0 radical (unpaired) electrons. The highest BCUT2D eigenvalue weighted by atomic mass is 19.4. The summed E-state index contributed by atoms with van der Waals surface area (Å²) < 4.78 is 76.6. The number of benzene rings is 2. The molecule has 0 unspecified atom stereocenters. The molecule has 0 fully saturated rings. The van der Waals surface area contributed by atoms with Crippen LogP contribution in [0, 0.1) is 0 Å². The lowest BCUT2D eigenvalue weighted by Crippen LogP contribution is -2.45. The van der Waals surface area contributed by atoms with Crippen LogP contribution in [0.1, 0.15) is 27.0 Å². The summed E-state index contributed by atoms with van der Waals surface area (Å²) in [7, 11) is 0. The van der Waals surface area contributed by atoms with Crippen LogP contribution >= 0.6 is 0 Å². The van der Waals surface area contributed by atoms with Crippen LogP contribution in [0.15, 0.2) is 48.5 Å². The molecule has 0 heterocycles. The number of hydrogen-bond donors (Lipinski definition) is 2. The molecule has 4 nitrogen and oxygen atoms in total. The van der Waals surface area contributed by atoms with Gasteiger partial charge < -0.3 is 11.1 Å². The number of primary amides is 1. The summed E-state index contributed by atoms with van der Waals surface area (Å²) in [5, 5.41) is 2.16. The Labute approximate surface area is 155 Å². The second-order valence-corrected chi connectivity index (χ2v) is 5.91. The maximum atomic E-state index is 12.8. The summed E-state index contributed by atoms with van der Waals surface area (Å²) in [4.78, 5) is 23.8. The van der Waals surface area contributed by atoms with E-state index in [1.165, 1.54) is 6.07 Å². The highest BCUT2D eigenvalue weighted by Gasteiger charge is 2.32. The summed E-state index contributed by atoms with van der Waals surface area (Å²) >= 11 is 0. The van der Waals surface area contributed by atoms with Gasteiger partial charge in [-0.05, 0) is 29.8 Å². The minimum atomic E-state index is -4.67. The number of amides is 2. The van der Waals surface area contributed by atoms with E-state index in [9.17, 15) is 35.9 Å². The van der Waals surface area contributed by atoms with Crippen molar-refractivity contribution in [1.82, 2.24) is 5.32 Å². The Morgan fingerprint density at radius 1 is 0.893 bits per heavy atom. The van der Waals surface area contributed by atoms with Crippen LogP contribution in [0.3, 0.4) is 0 Å². The van der Waals surface area contributed by atoms with Crippen LogP contribution < -0.4 is 11.1 Å². The molecule has 3 N–H and O–H groups in total. The number of carbonyl (C=O) groups is 2. The third kappa shape index (κ3) is 5.48. The Kier molecular flexibility index (Phi) is 6.01. The molecule has 2 amide bonds. The summed E-state index contributed by atoms with van der Waals surface area (Å²) in [6, 6.07) is 6.15. The van der Waals surface area contributed by atoms with Crippen molar-refractivity contribution >= 4 is 11.8 Å². The van der Waals surface area contributed by atoms with Crippen molar-refractivity contribution in [3.8, 4) is 0 Å². The minimum Gasteiger partial charge on any atom is -0.368 e. The molecule has 10 heteroatoms. The van der Waals surface area contributed by atoms with Gasteiger partial charge in [0.15, 0.2) is 0 Å². The standard InChI is InChI=1S/C18H14F6N2O2/c19-17(20,21)12-5-1-3-10(7-12)8-14(15(25)27)26-16(28)11-4-2-6-13(9-11)18(22,23)24/h1-7,9,14H,8H2,(H2,25,27)(H,26,28)/t14-/m0/s1. The average molecular weight is 404 g/mol. The molecule has 1 atom stereocenters. The van der Waals surface area contributed by atoms with E-state index in [0.717, 1.165) is 36.4 Å². The average Bonchev–Trinajstić information content (AvgIpc) is 2.60. The second-order valence-electron chi connectivity index (χ2n) is 5.91. The van der Waals surface area contributed by atoms with Crippen molar-refractivity contribution in [3.05, 3.63) is 70.8 Å². The summed E-state index contributed by atoms with van der Waals surface area (Å²) in [6.07, 6.45) is -9.62. The molecule has 2 rings (SSSR count). The van der Waals surface area contributed by atoms with Crippen LogP contribution in [0.25, 0.3) is 0 Å². The fourth-order valence-corrected chi connectivity index (χ4v) is 2.41. The predicted octanol–water partition coefficient (Wildman–Crippen LogP) is 3.55. The van der Waals surface area contributed by atoms with E-state index in [-0.39, 0.29) is 17.5 Å². The van der Waals surface area contributed by atoms with E-state index in [1.807, 2.05) is 0 Å². The maximum Gasteiger partial charge on any atom is 0.416 e. The van der Waals surface area contributed by atoms with Gasteiger partial charge >= 0.3 is 12.4 Å². The Bertz CT molecular complexity index is 877. The molecule has 0 aliphatic heterocycles. The van der Waals surface area contributed by atoms with Gasteiger partial charge in [0, 0.05) is 12.0 Å². The van der Waals surface area contributed by atoms with E-state index in [1.54, 1.807) is 0 Å². The third-order valence-electron chi connectivity index (χ3n) is 3.79. The zero-order valence-electron chi connectivity index (χ0n) is 14.1. The second kappa shape index (κ2) is 7.91. The van der Waals surface area contributed by atoms with Crippen molar-refractivity contribution in [1.29, 1.82) is 0 Å².